The van der Waals surface area contributed by atoms with Gasteiger partial charge in [-0.2, -0.15) is 0 Å². The molecule has 1 N–H and O–H groups in total. The van der Waals surface area contributed by atoms with E-state index in [0.29, 0.717) is 43.2 Å². The molecule has 2 aliphatic heterocycles. The molecule has 0 radical (unpaired) electrons. The predicted octanol–water partition coefficient (Wildman–Crippen LogP) is 3.20. The summed E-state index contributed by atoms with van der Waals surface area (Å²) in [5.41, 5.74) is 0.596. The summed E-state index contributed by atoms with van der Waals surface area (Å²) in [4.78, 5) is 37.4. The van der Waals surface area contributed by atoms with Crippen LogP contribution in [0.15, 0.2) is 48.0 Å². The Morgan fingerprint density at radius 1 is 1.13 bits per heavy atom. The third-order valence-corrected chi connectivity index (χ3v) is 5.24. The topological polar surface area (TPSA) is 119 Å². The molecule has 1 atom stereocenters. The maximum absolute atomic E-state index is 12.9. The van der Waals surface area contributed by atoms with Crippen LogP contribution in [0, 0.1) is 10.1 Å². The van der Waals surface area contributed by atoms with Crippen LogP contribution in [0.4, 0.5) is 5.69 Å². The lowest BCUT2D eigenvalue weighted by atomic mass is 9.95. The summed E-state index contributed by atoms with van der Waals surface area (Å²) in [5, 5.41) is 21.9. The zero-order chi connectivity index (χ0) is 22.1. The number of fused-ring (bicyclic) bond motifs is 1. The highest BCUT2D eigenvalue weighted by Crippen LogP contribution is 2.42. The number of hydrogen-bond donors (Lipinski definition) is 1. The van der Waals surface area contributed by atoms with Crippen molar-refractivity contribution in [3.05, 3.63) is 69.3 Å². The molecule has 2 aromatic rings. The molecule has 2 aromatic carbocycles. The monoisotopic (exact) mass is 424 g/mol. The number of non-ortho nitro benzene ring substituents is 1. The van der Waals surface area contributed by atoms with Crippen LogP contribution in [-0.4, -0.2) is 46.4 Å². The fourth-order valence-electron chi connectivity index (χ4n) is 3.82. The molecule has 9 nitrogen and oxygen atoms in total. The van der Waals surface area contributed by atoms with Crippen LogP contribution in [-0.2, 0) is 9.59 Å². The number of aliphatic hydroxyl groups is 1. The van der Waals surface area contributed by atoms with Gasteiger partial charge in [0.15, 0.2) is 11.5 Å². The molecule has 0 aliphatic carbocycles. The SMILES string of the molecule is CCCN1C(=O)C(=O)/C(=C(/O)c2ccc([N+](=O)[O-])cc2)C1c1ccc2c(c1)OCCO2. The Morgan fingerprint density at radius 2 is 1.81 bits per heavy atom. The Balaban J connectivity index is 1.84. The first kappa shape index (κ1) is 20.4. The molecule has 1 saturated heterocycles. The number of likely N-dealkylation sites (tertiary alicyclic amines) is 1. The average molecular weight is 424 g/mol. The maximum atomic E-state index is 12.9. The summed E-state index contributed by atoms with van der Waals surface area (Å²) in [7, 11) is 0. The number of rotatable bonds is 5. The van der Waals surface area contributed by atoms with Crippen LogP contribution in [0.1, 0.15) is 30.5 Å². The van der Waals surface area contributed by atoms with Crippen molar-refractivity contribution in [3.8, 4) is 11.5 Å². The van der Waals surface area contributed by atoms with Gasteiger partial charge in [0.25, 0.3) is 17.4 Å². The summed E-state index contributed by atoms with van der Waals surface area (Å²) in [6.07, 6.45) is 0.617. The number of hydrogen-bond acceptors (Lipinski definition) is 7. The van der Waals surface area contributed by atoms with Gasteiger partial charge in [-0.1, -0.05) is 13.0 Å². The highest BCUT2D eigenvalue weighted by Gasteiger charge is 2.46. The zero-order valence-corrected chi connectivity index (χ0v) is 16.7. The molecular weight excluding hydrogens is 404 g/mol. The number of ketones is 1. The second kappa shape index (κ2) is 8.10. The number of benzene rings is 2. The van der Waals surface area contributed by atoms with Gasteiger partial charge in [-0.3, -0.25) is 19.7 Å². The third-order valence-electron chi connectivity index (χ3n) is 5.24. The van der Waals surface area contributed by atoms with Gasteiger partial charge in [-0.25, -0.2) is 0 Å². The molecule has 2 aliphatic rings. The van der Waals surface area contributed by atoms with Gasteiger partial charge >= 0.3 is 0 Å². The van der Waals surface area contributed by atoms with E-state index >= 15 is 0 Å². The number of nitro benzene ring substituents is 1. The van der Waals surface area contributed by atoms with Crippen LogP contribution >= 0.6 is 0 Å². The quantitative estimate of drug-likeness (QED) is 0.257. The van der Waals surface area contributed by atoms with Crippen molar-refractivity contribution >= 4 is 23.1 Å². The van der Waals surface area contributed by atoms with Gasteiger partial charge in [-0.15, -0.1) is 0 Å². The number of nitrogens with zero attached hydrogens (tertiary/aromatic N) is 2. The number of ether oxygens (including phenoxy) is 2. The van der Waals surface area contributed by atoms with Crippen LogP contribution < -0.4 is 9.47 Å². The lowest BCUT2D eigenvalue weighted by Crippen LogP contribution is -2.30. The molecule has 0 bridgehead atoms. The van der Waals surface area contributed by atoms with Crippen LogP contribution in [0.25, 0.3) is 5.76 Å². The van der Waals surface area contributed by atoms with E-state index in [-0.39, 0.29) is 22.6 Å². The summed E-state index contributed by atoms with van der Waals surface area (Å²) in [6.45, 7) is 3.02. The Hall–Kier alpha value is -3.88. The van der Waals surface area contributed by atoms with Gasteiger partial charge in [0.1, 0.15) is 19.0 Å². The van der Waals surface area contributed by atoms with E-state index in [1.54, 1.807) is 18.2 Å². The lowest BCUT2D eigenvalue weighted by Gasteiger charge is -2.26. The minimum absolute atomic E-state index is 0.0658. The van der Waals surface area contributed by atoms with Crippen molar-refractivity contribution in [2.24, 2.45) is 0 Å². The Bertz CT molecular complexity index is 1090. The van der Waals surface area contributed by atoms with Crippen molar-refractivity contribution in [1.82, 2.24) is 4.90 Å². The summed E-state index contributed by atoms with van der Waals surface area (Å²) in [6, 6.07) is 9.50. The van der Waals surface area contributed by atoms with E-state index in [0.717, 1.165) is 0 Å². The first-order valence-electron chi connectivity index (χ1n) is 9.85. The third kappa shape index (κ3) is 3.58. The predicted molar refractivity (Wildman–Crippen MR) is 110 cm³/mol. The van der Waals surface area contributed by atoms with Gasteiger partial charge in [0.2, 0.25) is 0 Å². The van der Waals surface area contributed by atoms with Gasteiger partial charge < -0.3 is 19.5 Å². The highest BCUT2D eigenvalue weighted by molar-refractivity contribution is 6.46. The van der Waals surface area contributed by atoms with Gasteiger partial charge in [0.05, 0.1) is 16.5 Å². The molecule has 9 heteroatoms. The molecule has 1 amide bonds. The highest BCUT2D eigenvalue weighted by atomic mass is 16.6. The van der Waals surface area contributed by atoms with Gasteiger partial charge in [0, 0.05) is 24.2 Å². The first-order chi connectivity index (χ1) is 14.9. The summed E-state index contributed by atoms with van der Waals surface area (Å²) in [5.74, 6) is -0.819. The standard InChI is InChI=1S/C22H20N2O7/c1-2-9-23-19(14-5-8-16-17(12-14)31-11-10-30-16)18(21(26)22(23)27)20(25)13-3-6-15(7-4-13)24(28)29/h3-8,12,19,25H,2,9-11H2,1H3/b20-18+. The normalized spacial score (nSPS) is 19.5. The first-order valence-corrected chi connectivity index (χ1v) is 9.85. The molecule has 31 heavy (non-hydrogen) atoms. The molecule has 0 aromatic heterocycles. The molecule has 1 fully saturated rings. The van der Waals surface area contributed by atoms with Crippen molar-refractivity contribution in [2.45, 2.75) is 19.4 Å². The van der Waals surface area contributed by atoms with Crippen LogP contribution in [0.2, 0.25) is 0 Å². The fourth-order valence-corrected chi connectivity index (χ4v) is 3.82. The minimum Gasteiger partial charge on any atom is -0.507 e. The van der Waals surface area contributed by atoms with Crippen LogP contribution in [0.3, 0.4) is 0 Å². The Morgan fingerprint density at radius 3 is 2.45 bits per heavy atom. The molecule has 0 saturated carbocycles. The lowest BCUT2D eigenvalue weighted by molar-refractivity contribution is -0.384. The number of carbonyl (C=O) groups excluding carboxylic acids is 2. The zero-order valence-electron chi connectivity index (χ0n) is 16.7. The summed E-state index contributed by atoms with van der Waals surface area (Å²) < 4.78 is 11.2. The average Bonchev–Trinajstić information content (AvgIpc) is 3.03. The maximum Gasteiger partial charge on any atom is 0.295 e. The molecule has 2 heterocycles. The van der Waals surface area contributed by atoms with E-state index in [4.69, 9.17) is 9.47 Å². The number of aliphatic hydroxyl groups excluding tert-OH is 1. The van der Waals surface area contributed by atoms with Gasteiger partial charge in [-0.05, 0) is 36.2 Å². The van der Waals surface area contributed by atoms with Crippen LogP contribution in [0.5, 0.6) is 11.5 Å². The number of amides is 1. The Kier molecular flexibility index (Phi) is 5.33. The number of nitro groups is 1. The molecule has 4 rings (SSSR count). The fraction of sp³-hybridized carbons (Fsp3) is 0.273. The minimum atomic E-state index is -0.814. The molecule has 0 spiro atoms. The van der Waals surface area contributed by atoms with E-state index in [1.165, 1.54) is 29.2 Å². The van der Waals surface area contributed by atoms with E-state index in [9.17, 15) is 24.8 Å². The van der Waals surface area contributed by atoms with E-state index < -0.39 is 22.7 Å². The smallest absolute Gasteiger partial charge is 0.295 e. The van der Waals surface area contributed by atoms with Crippen molar-refractivity contribution < 1.29 is 29.1 Å². The number of carbonyl (C=O) groups is 2. The molecule has 160 valence electrons. The Labute approximate surface area is 177 Å². The second-order valence-corrected chi connectivity index (χ2v) is 7.20. The van der Waals surface area contributed by atoms with Crippen molar-refractivity contribution in [1.29, 1.82) is 0 Å². The van der Waals surface area contributed by atoms with Crippen molar-refractivity contribution in [2.75, 3.05) is 19.8 Å². The van der Waals surface area contributed by atoms with Crippen molar-refractivity contribution in [3.63, 3.8) is 0 Å². The molecule has 1 unspecified atom stereocenters. The van der Waals surface area contributed by atoms with E-state index in [1.807, 2.05) is 6.92 Å². The number of Topliss-reactive ketones (excluding diaryl/α,β-unsaturated/α-hetero) is 1. The van der Waals surface area contributed by atoms with E-state index in [2.05, 4.69) is 0 Å². The largest absolute Gasteiger partial charge is 0.507 e. The second-order valence-electron chi connectivity index (χ2n) is 7.20. The summed E-state index contributed by atoms with van der Waals surface area (Å²) >= 11 is 0. The molecular formula is C22H20N2O7.